The third-order valence-corrected chi connectivity index (χ3v) is 5.23. The number of hydrogen-bond acceptors (Lipinski definition) is 9. The van der Waals surface area contributed by atoms with Gasteiger partial charge in [-0.2, -0.15) is 4.98 Å². The van der Waals surface area contributed by atoms with Gasteiger partial charge in [0.1, 0.15) is 12.8 Å². The summed E-state index contributed by atoms with van der Waals surface area (Å²) in [4.78, 5) is 8.05. The molecule has 1 saturated heterocycles. The average molecular weight is 485 g/mol. The lowest BCUT2D eigenvalue weighted by molar-refractivity contribution is 0.186. The Kier molecular flexibility index (Phi) is 7.70. The molecular weight excluding hydrogens is 458 g/mol. The van der Waals surface area contributed by atoms with Crippen molar-refractivity contribution >= 4 is 28.8 Å². The van der Waals surface area contributed by atoms with E-state index in [2.05, 4.69) is 37.8 Å². The van der Waals surface area contributed by atoms with Gasteiger partial charge in [0.05, 0.1) is 12.3 Å². The second-order valence-corrected chi connectivity index (χ2v) is 8.00. The molecule has 184 valence electrons. The molecule has 0 bridgehead atoms. The molecule has 1 unspecified atom stereocenters. The number of rotatable bonds is 10. The van der Waals surface area contributed by atoms with Crippen LogP contribution in [-0.4, -0.2) is 51.7 Å². The van der Waals surface area contributed by atoms with Crippen LogP contribution in [0.4, 0.5) is 37.6 Å². The maximum atomic E-state index is 14.5. The highest BCUT2D eigenvalue weighted by atomic mass is 19.1. The molecule has 0 radical (unpaired) electrons. The highest BCUT2D eigenvalue weighted by Crippen LogP contribution is 2.25. The molecule has 0 amide bonds. The Morgan fingerprint density at radius 1 is 1.14 bits per heavy atom. The van der Waals surface area contributed by atoms with Crippen LogP contribution in [0.25, 0.3) is 0 Å². The number of ether oxygens (including phenoxy) is 1. The van der Waals surface area contributed by atoms with E-state index in [4.69, 9.17) is 4.74 Å². The van der Waals surface area contributed by atoms with Crippen molar-refractivity contribution in [2.45, 2.75) is 24.8 Å². The molecular formula is C24H26F2N6O3. The number of halogens is 2. The zero-order chi connectivity index (χ0) is 24.8. The number of anilines is 5. The summed E-state index contributed by atoms with van der Waals surface area (Å²) in [5.41, 5.74) is 1.46. The molecule has 0 saturated carbocycles. The Balaban J connectivity index is 1.41. The van der Waals surface area contributed by atoms with Crippen LogP contribution in [-0.2, 0) is 0 Å². The second kappa shape index (κ2) is 11.1. The minimum absolute atomic E-state index is 0.0377. The van der Waals surface area contributed by atoms with Gasteiger partial charge in [-0.3, -0.25) is 0 Å². The smallest absolute Gasteiger partial charge is 0.229 e. The Bertz CT molecular complexity index is 1180. The van der Waals surface area contributed by atoms with E-state index in [-0.39, 0.29) is 30.2 Å². The number of nitrogens with one attached hydrogen (secondary N) is 4. The molecule has 1 aromatic heterocycles. The quantitative estimate of drug-likeness (QED) is 0.190. The summed E-state index contributed by atoms with van der Waals surface area (Å²) in [5.74, 6) is -1.21. The first-order valence-electron chi connectivity index (χ1n) is 11.0. The number of nitrogens with zero attached hydrogens (tertiary/aromatic N) is 2. The van der Waals surface area contributed by atoms with E-state index in [9.17, 15) is 19.0 Å². The molecule has 11 heteroatoms. The molecule has 4 rings (SSSR count). The number of aromatic nitrogens is 2. The largest absolute Gasteiger partial charge is 0.489 e. The van der Waals surface area contributed by atoms with Crippen molar-refractivity contribution in [1.82, 2.24) is 15.3 Å². The van der Waals surface area contributed by atoms with Gasteiger partial charge in [0.25, 0.3) is 0 Å². The molecule has 1 aliphatic heterocycles. The fraction of sp³-hybridized carbons (Fsp3) is 0.250. The highest BCUT2D eigenvalue weighted by molar-refractivity contribution is 5.64. The van der Waals surface area contributed by atoms with Crippen LogP contribution in [0.3, 0.4) is 0 Å². The number of aliphatic hydroxyl groups is 2. The summed E-state index contributed by atoms with van der Waals surface area (Å²) in [5, 5.41) is 30.8. The molecule has 6 N–H and O–H groups in total. The number of aliphatic hydroxyl groups excluding tert-OH is 2. The zero-order valence-corrected chi connectivity index (χ0v) is 18.7. The fourth-order valence-corrected chi connectivity index (χ4v) is 3.51. The van der Waals surface area contributed by atoms with E-state index < -0.39 is 24.0 Å². The number of β-amino-alcohol motifs (C(OH)–C–C–N with tert-alkyl or cyclic N) is 1. The molecule has 2 aromatic carbocycles. The molecule has 0 aliphatic carbocycles. The first kappa shape index (κ1) is 24.3. The van der Waals surface area contributed by atoms with E-state index in [0.717, 1.165) is 6.20 Å². The van der Waals surface area contributed by atoms with Crippen LogP contribution in [0.1, 0.15) is 6.42 Å². The monoisotopic (exact) mass is 484 g/mol. The van der Waals surface area contributed by atoms with Crippen molar-refractivity contribution in [3.05, 3.63) is 73.0 Å². The van der Waals surface area contributed by atoms with Crippen molar-refractivity contribution in [2.75, 3.05) is 29.1 Å². The van der Waals surface area contributed by atoms with Gasteiger partial charge < -0.3 is 36.2 Å². The minimum atomic E-state index is -0.929. The number of benzene rings is 2. The number of hydrogen-bond donors (Lipinski definition) is 6. The first-order chi connectivity index (χ1) is 16.9. The van der Waals surface area contributed by atoms with Gasteiger partial charge in [-0.25, -0.2) is 13.8 Å². The molecule has 2 heterocycles. The summed E-state index contributed by atoms with van der Waals surface area (Å²) >= 11 is 0. The van der Waals surface area contributed by atoms with Crippen molar-refractivity contribution in [3.8, 4) is 5.75 Å². The Morgan fingerprint density at radius 3 is 2.69 bits per heavy atom. The van der Waals surface area contributed by atoms with Crippen LogP contribution in [0.15, 0.2) is 61.3 Å². The lowest BCUT2D eigenvalue weighted by Gasteiger charge is -2.14. The minimum Gasteiger partial charge on any atom is -0.489 e. The zero-order valence-electron chi connectivity index (χ0n) is 18.7. The lowest BCUT2D eigenvalue weighted by atomic mass is 10.2. The van der Waals surface area contributed by atoms with Gasteiger partial charge in [0.15, 0.2) is 23.2 Å². The van der Waals surface area contributed by atoms with E-state index >= 15 is 0 Å². The van der Waals surface area contributed by atoms with E-state index in [1.54, 1.807) is 30.3 Å². The predicted octanol–water partition coefficient (Wildman–Crippen LogP) is 3.26. The maximum absolute atomic E-state index is 14.5. The molecule has 3 aromatic rings. The van der Waals surface area contributed by atoms with E-state index in [0.29, 0.717) is 30.0 Å². The van der Waals surface area contributed by atoms with Gasteiger partial charge in [-0.15, -0.1) is 0 Å². The standard InChI is InChI=1S/C24H26F2N6O3/c1-2-22(34)29-14-4-3-5-15(8-14)30-23-20(26)12-28-24(32-23)31-16-6-7-21(19(25)10-16)35-13-17-9-18(33)11-27-17/h2-8,10,12,17-18,22,27,29,33-34H,1,9,11,13H2,(H2,28,30,31,32)/t17-,18+,22?/m0/s1. The average Bonchev–Trinajstić information content (AvgIpc) is 3.26. The predicted molar refractivity (Wildman–Crippen MR) is 129 cm³/mol. The van der Waals surface area contributed by atoms with Crippen molar-refractivity contribution in [2.24, 2.45) is 0 Å². The van der Waals surface area contributed by atoms with E-state index in [1.807, 2.05) is 0 Å². The summed E-state index contributed by atoms with van der Waals surface area (Å²) in [6.07, 6.45) is 1.54. The van der Waals surface area contributed by atoms with Gasteiger partial charge in [-0.1, -0.05) is 12.6 Å². The molecule has 1 fully saturated rings. The fourth-order valence-electron chi connectivity index (χ4n) is 3.51. The van der Waals surface area contributed by atoms with Crippen LogP contribution < -0.4 is 26.0 Å². The Labute approximate surface area is 200 Å². The Morgan fingerprint density at radius 2 is 1.94 bits per heavy atom. The SMILES string of the molecule is C=CC(O)Nc1cccc(Nc2nc(Nc3ccc(OC[C@@H]4C[C@@H](O)CN4)c(F)c3)ncc2F)c1. The summed E-state index contributed by atoms with van der Waals surface area (Å²) in [6.45, 7) is 4.23. The lowest BCUT2D eigenvalue weighted by Crippen LogP contribution is -2.28. The highest BCUT2D eigenvalue weighted by Gasteiger charge is 2.22. The van der Waals surface area contributed by atoms with Crippen LogP contribution >= 0.6 is 0 Å². The van der Waals surface area contributed by atoms with Crippen molar-refractivity contribution in [3.63, 3.8) is 0 Å². The summed E-state index contributed by atoms with van der Waals surface area (Å²) < 4.78 is 34.4. The second-order valence-electron chi connectivity index (χ2n) is 8.00. The molecule has 9 nitrogen and oxygen atoms in total. The van der Waals surface area contributed by atoms with E-state index in [1.165, 1.54) is 18.2 Å². The van der Waals surface area contributed by atoms with Gasteiger partial charge in [0.2, 0.25) is 5.95 Å². The summed E-state index contributed by atoms with van der Waals surface area (Å²) in [7, 11) is 0. The van der Waals surface area contributed by atoms with Gasteiger partial charge >= 0.3 is 0 Å². The first-order valence-corrected chi connectivity index (χ1v) is 11.0. The molecule has 35 heavy (non-hydrogen) atoms. The molecule has 1 aliphatic rings. The third kappa shape index (κ3) is 6.63. The third-order valence-electron chi connectivity index (χ3n) is 5.23. The van der Waals surface area contributed by atoms with Gasteiger partial charge in [0, 0.05) is 35.7 Å². The Hall–Kier alpha value is -3.80. The van der Waals surface area contributed by atoms with Crippen molar-refractivity contribution in [1.29, 1.82) is 0 Å². The summed E-state index contributed by atoms with van der Waals surface area (Å²) in [6, 6.07) is 11.1. The van der Waals surface area contributed by atoms with Crippen LogP contribution in [0, 0.1) is 11.6 Å². The van der Waals surface area contributed by atoms with Gasteiger partial charge in [-0.05, 0) is 42.8 Å². The normalized spacial score (nSPS) is 18.1. The maximum Gasteiger partial charge on any atom is 0.229 e. The van der Waals surface area contributed by atoms with Crippen molar-refractivity contribution < 1.29 is 23.7 Å². The van der Waals surface area contributed by atoms with Crippen LogP contribution in [0.2, 0.25) is 0 Å². The topological polar surface area (TPSA) is 124 Å². The molecule has 3 atom stereocenters. The van der Waals surface area contributed by atoms with Crippen LogP contribution in [0.5, 0.6) is 5.75 Å². The molecule has 0 spiro atoms.